The second-order valence-corrected chi connectivity index (χ2v) is 5.85. The molecule has 0 spiro atoms. The second-order valence-electron chi connectivity index (χ2n) is 3.96. The molecule has 1 aromatic heterocycles. The summed E-state index contributed by atoms with van der Waals surface area (Å²) in [7, 11) is 0. The summed E-state index contributed by atoms with van der Waals surface area (Å²) in [4.78, 5) is 1.41. The summed E-state index contributed by atoms with van der Waals surface area (Å²) < 4.78 is 1.15. The average Bonchev–Trinajstić information content (AvgIpc) is 2.82. The second kappa shape index (κ2) is 6.34. The van der Waals surface area contributed by atoms with E-state index in [4.69, 9.17) is 0 Å². The van der Waals surface area contributed by atoms with Gasteiger partial charge in [0.2, 0.25) is 0 Å². The third-order valence-electron chi connectivity index (χ3n) is 2.67. The van der Waals surface area contributed by atoms with Crippen LogP contribution < -0.4 is 5.32 Å². The summed E-state index contributed by atoms with van der Waals surface area (Å²) >= 11 is 5.34. The fraction of sp³-hybridized carbons (Fsp3) is 0.286. The number of halogens is 1. The molecule has 0 radical (unpaired) electrons. The Labute approximate surface area is 115 Å². The van der Waals surface area contributed by atoms with Gasteiger partial charge in [0.25, 0.3) is 0 Å². The molecule has 3 heteroatoms. The maximum Gasteiger partial charge on any atom is 0.0455 e. The standard InChI is InChI=1S/C14H16BrNS/c1-2-16-13(14-7-4-8-17-14)10-11-5-3-6-12(15)9-11/h3-9,13,16H,2,10H2,1H3. The average molecular weight is 310 g/mol. The lowest BCUT2D eigenvalue weighted by Gasteiger charge is -2.16. The molecule has 0 amide bonds. The SMILES string of the molecule is CCNC(Cc1cccc(Br)c1)c1cccs1. The molecular weight excluding hydrogens is 294 g/mol. The first-order chi connectivity index (χ1) is 8.29. The zero-order valence-electron chi connectivity index (χ0n) is 9.82. The Morgan fingerprint density at radius 2 is 2.18 bits per heavy atom. The molecule has 2 aromatic rings. The Balaban J connectivity index is 2.13. The van der Waals surface area contributed by atoms with Crippen molar-refractivity contribution in [1.82, 2.24) is 5.32 Å². The molecule has 0 aliphatic rings. The molecule has 0 bridgehead atoms. The molecular formula is C14H16BrNS. The number of benzene rings is 1. The first-order valence-corrected chi connectivity index (χ1v) is 7.48. The first kappa shape index (κ1) is 12.8. The van der Waals surface area contributed by atoms with Crippen LogP contribution in [0.5, 0.6) is 0 Å². The van der Waals surface area contributed by atoms with Crippen LogP contribution in [0.2, 0.25) is 0 Å². The highest BCUT2D eigenvalue weighted by Gasteiger charge is 2.11. The molecule has 0 saturated carbocycles. The lowest BCUT2D eigenvalue weighted by Crippen LogP contribution is -2.22. The molecule has 90 valence electrons. The van der Waals surface area contributed by atoms with Crippen LogP contribution in [0.4, 0.5) is 0 Å². The van der Waals surface area contributed by atoms with E-state index in [2.05, 4.69) is 69.9 Å². The molecule has 1 N–H and O–H groups in total. The van der Waals surface area contributed by atoms with Gasteiger partial charge in [0.05, 0.1) is 0 Å². The van der Waals surface area contributed by atoms with E-state index in [1.54, 1.807) is 0 Å². The van der Waals surface area contributed by atoms with Gasteiger partial charge in [-0.05, 0) is 42.1 Å². The van der Waals surface area contributed by atoms with Crippen molar-refractivity contribution in [3.8, 4) is 0 Å². The Hall–Kier alpha value is -0.640. The van der Waals surface area contributed by atoms with E-state index in [0.29, 0.717) is 6.04 Å². The number of hydrogen-bond donors (Lipinski definition) is 1. The molecule has 17 heavy (non-hydrogen) atoms. The van der Waals surface area contributed by atoms with Crippen LogP contribution in [0.15, 0.2) is 46.3 Å². The smallest absolute Gasteiger partial charge is 0.0455 e. The van der Waals surface area contributed by atoms with Gasteiger partial charge in [0.15, 0.2) is 0 Å². The van der Waals surface area contributed by atoms with Crippen molar-refractivity contribution in [3.63, 3.8) is 0 Å². The van der Waals surface area contributed by atoms with Gasteiger partial charge in [0.1, 0.15) is 0 Å². The third-order valence-corrected chi connectivity index (χ3v) is 4.15. The van der Waals surface area contributed by atoms with Gasteiger partial charge >= 0.3 is 0 Å². The number of nitrogens with one attached hydrogen (secondary N) is 1. The minimum atomic E-state index is 0.425. The molecule has 0 aliphatic carbocycles. The van der Waals surface area contributed by atoms with Crippen LogP contribution in [-0.4, -0.2) is 6.54 Å². The van der Waals surface area contributed by atoms with Gasteiger partial charge in [-0.1, -0.05) is 41.1 Å². The zero-order chi connectivity index (χ0) is 12.1. The lowest BCUT2D eigenvalue weighted by atomic mass is 10.0. The summed E-state index contributed by atoms with van der Waals surface area (Å²) in [5.74, 6) is 0. The van der Waals surface area contributed by atoms with E-state index in [9.17, 15) is 0 Å². The zero-order valence-corrected chi connectivity index (χ0v) is 12.2. The highest BCUT2D eigenvalue weighted by atomic mass is 79.9. The number of hydrogen-bond acceptors (Lipinski definition) is 2. The molecule has 1 heterocycles. The van der Waals surface area contributed by atoms with E-state index in [1.807, 2.05) is 11.3 Å². The van der Waals surface area contributed by atoms with E-state index in [1.165, 1.54) is 10.4 Å². The topological polar surface area (TPSA) is 12.0 Å². The predicted molar refractivity (Wildman–Crippen MR) is 78.6 cm³/mol. The molecule has 1 nitrogen and oxygen atoms in total. The van der Waals surface area contributed by atoms with Gasteiger partial charge in [-0.3, -0.25) is 0 Å². The monoisotopic (exact) mass is 309 g/mol. The van der Waals surface area contributed by atoms with Crippen LogP contribution in [-0.2, 0) is 6.42 Å². The summed E-state index contributed by atoms with van der Waals surface area (Å²) in [6.07, 6.45) is 1.04. The molecule has 0 fully saturated rings. The van der Waals surface area contributed by atoms with Gasteiger partial charge in [0, 0.05) is 15.4 Å². The minimum absolute atomic E-state index is 0.425. The van der Waals surface area contributed by atoms with Crippen LogP contribution in [0.1, 0.15) is 23.4 Å². The first-order valence-electron chi connectivity index (χ1n) is 5.81. The Bertz CT molecular complexity index is 453. The van der Waals surface area contributed by atoms with E-state index >= 15 is 0 Å². The Kier molecular flexibility index (Phi) is 4.77. The minimum Gasteiger partial charge on any atom is -0.309 e. The Morgan fingerprint density at radius 3 is 2.82 bits per heavy atom. The lowest BCUT2D eigenvalue weighted by molar-refractivity contribution is 0.558. The molecule has 2 rings (SSSR count). The molecule has 0 saturated heterocycles. The number of thiophene rings is 1. The van der Waals surface area contributed by atoms with Crippen molar-refractivity contribution in [1.29, 1.82) is 0 Å². The Morgan fingerprint density at radius 1 is 1.29 bits per heavy atom. The van der Waals surface area contributed by atoms with E-state index < -0.39 is 0 Å². The maximum absolute atomic E-state index is 3.55. The molecule has 0 aliphatic heterocycles. The molecule has 1 aromatic carbocycles. The largest absolute Gasteiger partial charge is 0.309 e. The number of rotatable bonds is 5. The number of likely N-dealkylation sites (N-methyl/N-ethyl adjacent to an activating group) is 1. The van der Waals surface area contributed by atoms with Gasteiger partial charge < -0.3 is 5.32 Å². The van der Waals surface area contributed by atoms with Crippen LogP contribution >= 0.6 is 27.3 Å². The van der Waals surface area contributed by atoms with Crippen LogP contribution in [0.25, 0.3) is 0 Å². The van der Waals surface area contributed by atoms with Crippen molar-refractivity contribution in [3.05, 3.63) is 56.7 Å². The van der Waals surface area contributed by atoms with Crippen LogP contribution in [0, 0.1) is 0 Å². The fourth-order valence-corrected chi connectivity index (χ4v) is 3.16. The van der Waals surface area contributed by atoms with Crippen molar-refractivity contribution in [2.75, 3.05) is 6.54 Å². The third kappa shape index (κ3) is 3.66. The van der Waals surface area contributed by atoms with Gasteiger partial charge in [-0.2, -0.15) is 0 Å². The highest BCUT2D eigenvalue weighted by Crippen LogP contribution is 2.24. The van der Waals surface area contributed by atoms with E-state index in [-0.39, 0.29) is 0 Å². The predicted octanol–water partition coefficient (Wildman–Crippen LogP) is 4.40. The van der Waals surface area contributed by atoms with Gasteiger partial charge in [-0.25, -0.2) is 0 Å². The summed E-state index contributed by atoms with van der Waals surface area (Å²) in [5.41, 5.74) is 1.36. The summed E-state index contributed by atoms with van der Waals surface area (Å²) in [6.45, 7) is 3.15. The quantitative estimate of drug-likeness (QED) is 0.863. The normalized spacial score (nSPS) is 12.6. The fourth-order valence-electron chi connectivity index (χ4n) is 1.91. The van der Waals surface area contributed by atoms with Gasteiger partial charge in [-0.15, -0.1) is 11.3 Å². The maximum atomic E-state index is 3.55. The van der Waals surface area contributed by atoms with Crippen molar-refractivity contribution < 1.29 is 0 Å². The molecule has 1 atom stereocenters. The van der Waals surface area contributed by atoms with Crippen molar-refractivity contribution >= 4 is 27.3 Å². The van der Waals surface area contributed by atoms with Crippen LogP contribution in [0.3, 0.4) is 0 Å². The summed E-state index contributed by atoms with van der Waals surface area (Å²) in [6, 6.07) is 13.3. The highest BCUT2D eigenvalue weighted by molar-refractivity contribution is 9.10. The van der Waals surface area contributed by atoms with E-state index in [0.717, 1.165) is 17.4 Å². The van der Waals surface area contributed by atoms with Crippen molar-refractivity contribution in [2.24, 2.45) is 0 Å². The van der Waals surface area contributed by atoms with Crippen molar-refractivity contribution in [2.45, 2.75) is 19.4 Å². The molecule has 1 unspecified atom stereocenters. The summed E-state index contributed by atoms with van der Waals surface area (Å²) in [5, 5.41) is 5.69.